The van der Waals surface area contributed by atoms with Crippen molar-refractivity contribution in [1.29, 1.82) is 0 Å². The number of carbonyl (C=O) groups excluding carboxylic acids is 2. The van der Waals surface area contributed by atoms with Crippen LogP contribution in [0.5, 0.6) is 0 Å². The van der Waals surface area contributed by atoms with Gasteiger partial charge in [0.2, 0.25) is 21.8 Å². The molecule has 0 radical (unpaired) electrons. The average molecular weight is 468 g/mol. The third-order valence-electron chi connectivity index (χ3n) is 8.25. The van der Waals surface area contributed by atoms with Gasteiger partial charge in [0.05, 0.1) is 0 Å². The number of carbonyl (C=O) groups is 2. The van der Waals surface area contributed by atoms with Crippen LogP contribution >= 0.6 is 0 Å². The van der Waals surface area contributed by atoms with E-state index in [1.165, 1.54) is 0 Å². The number of benzene rings is 1. The summed E-state index contributed by atoms with van der Waals surface area (Å²) in [4.78, 5) is 24.6. The van der Waals surface area contributed by atoms with Crippen molar-refractivity contribution in [2.75, 3.05) is 0 Å². The fourth-order valence-electron chi connectivity index (χ4n) is 6.75. The van der Waals surface area contributed by atoms with Gasteiger partial charge in [0.25, 0.3) is 0 Å². The van der Waals surface area contributed by atoms with Crippen LogP contribution < -0.4 is 15.8 Å². The van der Waals surface area contributed by atoms with Gasteiger partial charge in [-0.05, 0) is 87.3 Å². The van der Waals surface area contributed by atoms with Crippen LogP contribution in [0.15, 0.2) is 23.1 Å². The molecule has 4 N–H and O–H groups in total. The second-order valence-electron chi connectivity index (χ2n) is 10.2. The summed E-state index contributed by atoms with van der Waals surface area (Å²) in [5.41, 5.74) is 3.86. The van der Waals surface area contributed by atoms with E-state index in [-0.39, 0.29) is 36.6 Å². The molecule has 5 aliphatic carbocycles. The van der Waals surface area contributed by atoms with Crippen LogP contribution in [0.4, 0.5) is 8.78 Å². The van der Waals surface area contributed by atoms with Gasteiger partial charge in [-0.2, -0.15) is 4.72 Å². The highest BCUT2D eigenvalue weighted by Crippen LogP contribution is 2.60. The summed E-state index contributed by atoms with van der Waals surface area (Å²) in [6.07, 6.45) is 5.16. The molecular weight excluding hydrogens is 440 g/mol. The third kappa shape index (κ3) is 3.34. The zero-order chi connectivity index (χ0) is 22.9. The van der Waals surface area contributed by atoms with Crippen molar-refractivity contribution in [3.63, 3.8) is 0 Å². The maximum atomic E-state index is 14.1. The zero-order valence-corrected chi connectivity index (χ0v) is 18.4. The molecule has 5 saturated carbocycles. The van der Waals surface area contributed by atoms with Gasteiger partial charge < -0.3 is 11.1 Å². The number of halogens is 2. The van der Waals surface area contributed by atoms with E-state index in [1.54, 1.807) is 0 Å². The first kappa shape index (κ1) is 21.8. The van der Waals surface area contributed by atoms with Crippen LogP contribution in [-0.2, 0) is 19.6 Å². The molecule has 5 fully saturated rings. The fraction of sp³-hybridized carbons (Fsp3) is 0.636. The van der Waals surface area contributed by atoms with Crippen molar-refractivity contribution >= 4 is 21.8 Å². The van der Waals surface area contributed by atoms with Gasteiger partial charge in [-0.1, -0.05) is 0 Å². The molecule has 0 aromatic heterocycles. The Morgan fingerprint density at radius 2 is 1.72 bits per heavy atom. The lowest BCUT2D eigenvalue weighted by atomic mass is 9.47. The quantitative estimate of drug-likeness (QED) is 0.593. The number of primary amides is 1. The van der Waals surface area contributed by atoms with Crippen LogP contribution in [0.2, 0.25) is 0 Å². The number of hydrogen-bond acceptors (Lipinski definition) is 4. The lowest BCUT2D eigenvalue weighted by Gasteiger charge is -2.59. The topological polar surface area (TPSA) is 118 Å². The van der Waals surface area contributed by atoms with Crippen molar-refractivity contribution < 1.29 is 26.8 Å². The number of rotatable bonds is 6. The normalized spacial score (nSPS) is 34.7. The summed E-state index contributed by atoms with van der Waals surface area (Å²) in [7, 11) is -4.45. The van der Waals surface area contributed by atoms with Gasteiger partial charge in [0.1, 0.15) is 22.1 Å². The van der Waals surface area contributed by atoms with E-state index < -0.39 is 43.4 Å². The molecule has 7 nitrogen and oxygen atoms in total. The number of nitrogens with one attached hydrogen (secondary N) is 2. The summed E-state index contributed by atoms with van der Waals surface area (Å²) in [6, 6.07) is 2.06. The Morgan fingerprint density at radius 3 is 2.28 bits per heavy atom. The minimum absolute atomic E-state index is 0.132. The van der Waals surface area contributed by atoms with Gasteiger partial charge in [-0.3, -0.25) is 9.59 Å². The van der Waals surface area contributed by atoms with Crippen LogP contribution in [-0.4, -0.2) is 31.8 Å². The molecule has 174 valence electrons. The molecule has 0 spiro atoms. The standard InChI is InChI=1S/C22H27F2N3O4S/c23-15-2-3-16(24)17(8-15)32(30,31)27-22(4-1-5-22)20(29)26-18-13-6-12-7-14(18)11-21(9-12,10-13)19(25)28/h2-3,8,12-14,18,27H,1,4-7,9-11H2,(H2,25,28)(H,26,29). The lowest BCUT2D eigenvalue weighted by Crippen LogP contribution is -2.68. The highest BCUT2D eigenvalue weighted by atomic mass is 32.2. The monoisotopic (exact) mass is 467 g/mol. The van der Waals surface area contributed by atoms with Crippen LogP contribution in [0.1, 0.15) is 51.4 Å². The molecule has 0 heterocycles. The second kappa shape index (κ2) is 7.21. The summed E-state index contributed by atoms with van der Waals surface area (Å²) < 4.78 is 55.7. The maximum Gasteiger partial charge on any atom is 0.244 e. The molecule has 2 amide bonds. The van der Waals surface area contributed by atoms with Gasteiger partial charge in [0.15, 0.2) is 0 Å². The summed E-state index contributed by atoms with van der Waals surface area (Å²) in [5.74, 6) is -1.96. The molecule has 0 saturated heterocycles. The van der Waals surface area contributed by atoms with Crippen molar-refractivity contribution in [3.8, 4) is 0 Å². The predicted molar refractivity (Wildman–Crippen MR) is 110 cm³/mol. The smallest absolute Gasteiger partial charge is 0.244 e. The van der Waals surface area contributed by atoms with E-state index in [0.717, 1.165) is 31.4 Å². The number of sulfonamides is 1. The van der Waals surface area contributed by atoms with E-state index >= 15 is 0 Å². The minimum atomic E-state index is -4.45. The van der Waals surface area contributed by atoms with Crippen molar-refractivity contribution in [3.05, 3.63) is 29.8 Å². The summed E-state index contributed by atoms with van der Waals surface area (Å²) >= 11 is 0. The highest BCUT2D eigenvalue weighted by Gasteiger charge is 2.59. The number of hydrogen-bond donors (Lipinski definition) is 3. The van der Waals surface area contributed by atoms with Gasteiger partial charge in [0, 0.05) is 11.5 Å². The third-order valence-corrected chi connectivity index (χ3v) is 9.80. The first-order chi connectivity index (χ1) is 15.0. The SMILES string of the molecule is NC(=O)C12CC3CC(C1)C(NC(=O)C1(NS(=O)(=O)c4cc(F)ccc4F)CCC1)C(C3)C2. The Hall–Kier alpha value is -2.07. The molecule has 2 atom stereocenters. The van der Waals surface area contributed by atoms with Gasteiger partial charge in [-0.15, -0.1) is 0 Å². The minimum Gasteiger partial charge on any atom is -0.369 e. The Morgan fingerprint density at radius 1 is 1.06 bits per heavy atom. The summed E-state index contributed by atoms with van der Waals surface area (Å²) in [5, 5.41) is 3.08. The van der Waals surface area contributed by atoms with Gasteiger partial charge in [-0.25, -0.2) is 17.2 Å². The van der Waals surface area contributed by atoms with E-state index in [1.807, 2.05) is 0 Å². The van der Waals surface area contributed by atoms with Crippen LogP contribution in [0, 0.1) is 34.8 Å². The molecule has 5 aliphatic rings. The zero-order valence-electron chi connectivity index (χ0n) is 17.6. The van der Waals surface area contributed by atoms with Crippen molar-refractivity contribution in [1.82, 2.24) is 10.0 Å². The number of amides is 2. The van der Waals surface area contributed by atoms with Crippen LogP contribution in [0.25, 0.3) is 0 Å². The molecule has 6 rings (SSSR count). The van der Waals surface area contributed by atoms with Crippen LogP contribution in [0.3, 0.4) is 0 Å². The highest BCUT2D eigenvalue weighted by molar-refractivity contribution is 7.89. The molecule has 4 bridgehead atoms. The van der Waals surface area contributed by atoms with E-state index in [9.17, 15) is 26.8 Å². The predicted octanol–water partition coefficient (Wildman–Crippen LogP) is 1.96. The molecule has 10 heteroatoms. The van der Waals surface area contributed by atoms with Crippen molar-refractivity contribution in [2.45, 2.75) is 67.8 Å². The Labute approximate surface area is 185 Å². The Balaban J connectivity index is 1.35. The van der Waals surface area contributed by atoms with E-state index in [4.69, 9.17) is 5.73 Å². The first-order valence-corrected chi connectivity index (χ1v) is 12.6. The summed E-state index contributed by atoms with van der Waals surface area (Å²) in [6.45, 7) is 0. The van der Waals surface area contributed by atoms with Crippen molar-refractivity contribution in [2.24, 2.45) is 28.9 Å². The molecular formula is C22H27F2N3O4S. The molecule has 1 aromatic carbocycles. The second-order valence-corrected chi connectivity index (χ2v) is 11.9. The van der Waals surface area contributed by atoms with E-state index in [2.05, 4.69) is 10.0 Å². The molecule has 0 aliphatic heterocycles. The molecule has 32 heavy (non-hydrogen) atoms. The fourth-order valence-corrected chi connectivity index (χ4v) is 8.27. The average Bonchev–Trinajstić information content (AvgIpc) is 2.68. The molecule has 2 unspecified atom stereocenters. The Bertz CT molecular complexity index is 1070. The molecule has 1 aromatic rings. The first-order valence-electron chi connectivity index (χ1n) is 11.1. The Kier molecular flexibility index (Phi) is 4.91. The number of nitrogens with two attached hydrogens (primary N) is 1. The van der Waals surface area contributed by atoms with E-state index in [0.29, 0.717) is 31.2 Å². The van der Waals surface area contributed by atoms with Gasteiger partial charge >= 0.3 is 0 Å². The maximum absolute atomic E-state index is 14.1. The largest absolute Gasteiger partial charge is 0.369 e. The lowest BCUT2D eigenvalue weighted by molar-refractivity contribution is -0.149.